The van der Waals surface area contributed by atoms with E-state index in [0.717, 1.165) is 18.4 Å². The normalized spacial score (nSPS) is 27.3. The van der Waals surface area contributed by atoms with Gasteiger partial charge in [-0.05, 0) is 36.7 Å². The molecule has 2 aliphatic rings. The van der Waals surface area contributed by atoms with Crippen LogP contribution in [0.1, 0.15) is 31.2 Å². The number of hydrogen-bond acceptors (Lipinski definition) is 3. The maximum atomic E-state index is 12.2. The quantitative estimate of drug-likeness (QED) is 0.932. The average molecular weight is 303 g/mol. The molecule has 1 heterocycles. The summed E-state index contributed by atoms with van der Waals surface area (Å²) in [7, 11) is 0. The Kier molecular flexibility index (Phi) is 4.05. The summed E-state index contributed by atoms with van der Waals surface area (Å²) in [5.41, 5.74) is 0.977. The second-order valence-electron chi connectivity index (χ2n) is 6.51. The van der Waals surface area contributed by atoms with Gasteiger partial charge < -0.3 is 14.7 Å². The molecule has 3 rings (SSSR count). The zero-order valence-electron chi connectivity index (χ0n) is 12.5. The number of carboxylic acid groups (broad SMARTS) is 1. The van der Waals surface area contributed by atoms with Crippen molar-refractivity contribution in [2.45, 2.75) is 32.3 Å². The van der Waals surface area contributed by atoms with Crippen LogP contribution >= 0.6 is 0 Å². The van der Waals surface area contributed by atoms with E-state index in [1.807, 2.05) is 30.3 Å². The number of hydrogen-bond donors (Lipinski definition) is 1. The van der Waals surface area contributed by atoms with Crippen molar-refractivity contribution in [3.05, 3.63) is 35.9 Å². The lowest BCUT2D eigenvalue weighted by Crippen LogP contribution is -2.53. The number of likely N-dealkylation sites (tertiary alicyclic amines) is 1. The third-order valence-electron chi connectivity index (χ3n) is 4.83. The first-order valence-corrected chi connectivity index (χ1v) is 7.76. The molecule has 2 fully saturated rings. The van der Waals surface area contributed by atoms with Crippen LogP contribution in [0.3, 0.4) is 0 Å². The van der Waals surface area contributed by atoms with Crippen LogP contribution in [0, 0.1) is 11.3 Å². The number of piperidine rings is 1. The highest BCUT2D eigenvalue weighted by Gasteiger charge is 2.50. The molecule has 1 N–H and O–H groups in total. The number of benzene rings is 1. The van der Waals surface area contributed by atoms with Crippen LogP contribution in [-0.4, -0.2) is 35.2 Å². The van der Waals surface area contributed by atoms with Gasteiger partial charge in [-0.2, -0.15) is 0 Å². The van der Waals surface area contributed by atoms with Crippen molar-refractivity contribution in [3.8, 4) is 0 Å². The van der Waals surface area contributed by atoms with E-state index in [1.54, 1.807) is 4.90 Å². The lowest BCUT2D eigenvalue weighted by molar-refractivity contribution is -0.152. The summed E-state index contributed by atoms with van der Waals surface area (Å²) in [4.78, 5) is 24.9. The minimum absolute atomic E-state index is 0.00702. The highest BCUT2D eigenvalue weighted by molar-refractivity contribution is 5.72. The van der Waals surface area contributed by atoms with Crippen molar-refractivity contribution in [2.24, 2.45) is 11.3 Å². The molecule has 1 amide bonds. The number of carboxylic acids is 1. The molecule has 1 spiro atoms. The molecule has 1 aromatic rings. The van der Waals surface area contributed by atoms with Gasteiger partial charge >= 0.3 is 12.1 Å². The molecule has 1 aliphatic heterocycles. The van der Waals surface area contributed by atoms with E-state index in [0.29, 0.717) is 25.9 Å². The van der Waals surface area contributed by atoms with Gasteiger partial charge in [0.05, 0.1) is 5.92 Å². The summed E-state index contributed by atoms with van der Waals surface area (Å²) in [6.07, 6.45) is 3.02. The van der Waals surface area contributed by atoms with E-state index in [9.17, 15) is 9.59 Å². The summed E-state index contributed by atoms with van der Waals surface area (Å²) in [5.74, 6) is -0.949. The van der Waals surface area contributed by atoms with Crippen LogP contribution < -0.4 is 0 Å². The zero-order chi connectivity index (χ0) is 15.6. The standard InChI is InChI=1S/C17H21NO4/c19-15(20)14-9-17(10-14)7-4-8-18(12-17)16(21)22-11-13-5-2-1-3-6-13/h1-3,5-6,14H,4,7-12H2,(H,19,20). The number of carbonyl (C=O) groups excluding carboxylic acids is 1. The van der Waals surface area contributed by atoms with Crippen molar-refractivity contribution in [1.29, 1.82) is 0 Å². The zero-order valence-corrected chi connectivity index (χ0v) is 12.5. The van der Waals surface area contributed by atoms with E-state index in [4.69, 9.17) is 9.84 Å². The van der Waals surface area contributed by atoms with Gasteiger partial charge in [0.15, 0.2) is 0 Å². The number of aliphatic carboxylic acids is 1. The Morgan fingerprint density at radius 2 is 2.00 bits per heavy atom. The molecule has 0 unspecified atom stereocenters. The molecule has 1 saturated heterocycles. The van der Waals surface area contributed by atoms with E-state index < -0.39 is 5.97 Å². The van der Waals surface area contributed by atoms with Gasteiger partial charge in [-0.15, -0.1) is 0 Å². The van der Waals surface area contributed by atoms with Crippen LogP contribution in [-0.2, 0) is 16.1 Å². The van der Waals surface area contributed by atoms with Crippen LogP contribution in [0.15, 0.2) is 30.3 Å². The van der Waals surface area contributed by atoms with Crippen LogP contribution in [0.5, 0.6) is 0 Å². The van der Waals surface area contributed by atoms with Gasteiger partial charge in [0.2, 0.25) is 0 Å². The average Bonchev–Trinajstić information content (AvgIpc) is 2.51. The monoisotopic (exact) mass is 303 g/mol. The van der Waals surface area contributed by atoms with Crippen molar-refractivity contribution < 1.29 is 19.4 Å². The third kappa shape index (κ3) is 3.08. The first kappa shape index (κ1) is 14.9. The van der Waals surface area contributed by atoms with Gasteiger partial charge in [0.1, 0.15) is 6.61 Å². The molecule has 0 bridgehead atoms. The van der Waals surface area contributed by atoms with Crippen molar-refractivity contribution in [2.75, 3.05) is 13.1 Å². The summed E-state index contributed by atoms with van der Waals surface area (Å²) in [6.45, 7) is 1.61. The number of amides is 1. The molecule has 22 heavy (non-hydrogen) atoms. The second kappa shape index (κ2) is 5.99. The van der Waals surface area contributed by atoms with Crippen LogP contribution in [0.2, 0.25) is 0 Å². The Hall–Kier alpha value is -2.04. The minimum atomic E-state index is -0.714. The first-order chi connectivity index (χ1) is 10.6. The maximum absolute atomic E-state index is 12.2. The Morgan fingerprint density at radius 3 is 2.68 bits per heavy atom. The number of rotatable bonds is 3. The van der Waals surface area contributed by atoms with E-state index in [1.165, 1.54) is 0 Å². The fourth-order valence-electron chi connectivity index (χ4n) is 3.67. The van der Waals surface area contributed by atoms with Crippen LogP contribution in [0.25, 0.3) is 0 Å². The molecule has 0 radical (unpaired) electrons. The largest absolute Gasteiger partial charge is 0.481 e. The molecule has 0 aromatic heterocycles. The summed E-state index contributed by atoms with van der Waals surface area (Å²) in [6, 6.07) is 9.61. The Balaban J connectivity index is 1.52. The first-order valence-electron chi connectivity index (χ1n) is 7.76. The molecule has 118 valence electrons. The highest BCUT2D eigenvalue weighted by Crippen LogP contribution is 2.51. The number of ether oxygens (including phenoxy) is 1. The number of carbonyl (C=O) groups is 2. The van der Waals surface area contributed by atoms with Crippen molar-refractivity contribution >= 4 is 12.1 Å². The topological polar surface area (TPSA) is 66.8 Å². The predicted molar refractivity (Wildman–Crippen MR) is 80.2 cm³/mol. The molecular weight excluding hydrogens is 282 g/mol. The molecule has 5 heteroatoms. The Bertz CT molecular complexity index is 551. The van der Waals surface area contributed by atoms with Gasteiger partial charge in [0.25, 0.3) is 0 Å². The van der Waals surface area contributed by atoms with Crippen LogP contribution in [0.4, 0.5) is 4.79 Å². The summed E-state index contributed by atoms with van der Waals surface area (Å²) in [5, 5.41) is 9.03. The predicted octanol–water partition coefficient (Wildman–Crippen LogP) is 2.90. The molecule has 1 aromatic carbocycles. The number of nitrogens with zero attached hydrogens (tertiary/aromatic N) is 1. The van der Waals surface area contributed by atoms with E-state index in [2.05, 4.69) is 0 Å². The molecular formula is C17H21NO4. The van der Waals surface area contributed by atoms with Crippen molar-refractivity contribution in [1.82, 2.24) is 4.90 Å². The van der Waals surface area contributed by atoms with E-state index >= 15 is 0 Å². The fraction of sp³-hybridized carbons (Fsp3) is 0.529. The SMILES string of the molecule is O=C(O)C1CC2(CCCN(C(=O)OCc3ccccc3)C2)C1. The molecule has 5 nitrogen and oxygen atoms in total. The summed E-state index contributed by atoms with van der Waals surface area (Å²) >= 11 is 0. The molecule has 1 saturated carbocycles. The lowest BCUT2D eigenvalue weighted by atomic mass is 9.58. The van der Waals surface area contributed by atoms with Gasteiger partial charge in [-0.3, -0.25) is 4.79 Å². The Morgan fingerprint density at radius 1 is 1.27 bits per heavy atom. The molecule has 1 aliphatic carbocycles. The van der Waals surface area contributed by atoms with E-state index in [-0.39, 0.29) is 24.0 Å². The van der Waals surface area contributed by atoms with Gasteiger partial charge in [-0.25, -0.2) is 4.79 Å². The minimum Gasteiger partial charge on any atom is -0.481 e. The van der Waals surface area contributed by atoms with Gasteiger partial charge in [0, 0.05) is 13.1 Å². The maximum Gasteiger partial charge on any atom is 0.410 e. The Labute approximate surface area is 129 Å². The summed E-state index contributed by atoms with van der Waals surface area (Å²) < 4.78 is 5.37. The van der Waals surface area contributed by atoms with Crippen molar-refractivity contribution in [3.63, 3.8) is 0 Å². The lowest BCUT2D eigenvalue weighted by Gasteiger charge is -2.51. The fourth-order valence-corrected chi connectivity index (χ4v) is 3.67. The highest BCUT2D eigenvalue weighted by atomic mass is 16.6. The molecule has 0 atom stereocenters. The second-order valence-corrected chi connectivity index (χ2v) is 6.51. The smallest absolute Gasteiger partial charge is 0.410 e. The third-order valence-corrected chi connectivity index (χ3v) is 4.83. The van der Waals surface area contributed by atoms with Gasteiger partial charge in [-0.1, -0.05) is 30.3 Å².